The van der Waals surface area contributed by atoms with Gasteiger partial charge < -0.3 is 15.0 Å². The Kier molecular flexibility index (Phi) is 10.8. The topological polar surface area (TPSA) is 65.4 Å². The monoisotopic (exact) mass is 405 g/mol. The molecule has 5 nitrogen and oxygen atoms in total. The quantitative estimate of drug-likeness (QED) is 0.304. The van der Waals surface area contributed by atoms with Crippen LogP contribution in [0.5, 0.6) is 0 Å². The molecule has 30 heavy (non-hydrogen) atoms. The summed E-state index contributed by atoms with van der Waals surface area (Å²) in [6.45, 7) is 5.19. The SMILES string of the molecule is CCCCOCCCNC(=O)/C(C#N)=C\N(Cc1ccccc1)Cc1ccccc1. The van der Waals surface area contributed by atoms with Crippen molar-refractivity contribution in [1.29, 1.82) is 5.26 Å². The first-order chi connectivity index (χ1) is 14.7. The van der Waals surface area contributed by atoms with E-state index < -0.39 is 0 Å². The van der Waals surface area contributed by atoms with Gasteiger partial charge in [0, 0.05) is 39.0 Å². The van der Waals surface area contributed by atoms with Gasteiger partial charge in [-0.1, -0.05) is 74.0 Å². The molecule has 1 amide bonds. The molecule has 0 spiro atoms. The highest BCUT2D eigenvalue weighted by molar-refractivity contribution is 5.97. The van der Waals surface area contributed by atoms with E-state index in [1.807, 2.05) is 71.6 Å². The minimum absolute atomic E-state index is 0.105. The molecule has 0 fully saturated rings. The van der Waals surface area contributed by atoms with E-state index in [4.69, 9.17) is 4.74 Å². The Labute approximate surface area is 180 Å². The molecule has 0 unspecified atom stereocenters. The highest BCUT2D eigenvalue weighted by Gasteiger charge is 2.12. The Morgan fingerprint density at radius 1 is 1.00 bits per heavy atom. The van der Waals surface area contributed by atoms with Crippen LogP contribution in [-0.2, 0) is 22.6 Å². The Balaban J connectivity index is 1.98. The van der Waals surface area contributed by atoms with Crippen molar-refractivity contribution in [3.05, 3.63) is 83.6 Å². The van der Waals surface area contributed by atoms with Crippen molar-refractivity contribution in [1.82, 2.24) is 10.2 Å². The third kappa shape index (κ3) is 8.93. The molecule has 158 valence electrons. The molecule has 2 aromatic rings. The van der Waals surface area contributed by atoms with Crippen LogP contribution in [0.1, 0.15) is 37.3 Å². The zero-order valence-corrected chi connectivity index (χ0v) is 17.7. The van der Waals surface area contributed by atoms with Gasteiger partial charge in [-0.05, 0) is 24.0 Å². The molecule has 1 N–H and O–H groups in total. The number of carbonyl (C=O) groups excluding carboxylic acids is 1. The van der Waals surface area contributed by atoms with E-state index in [1.54, 1.807) is 6.20 Å². The van der Waals surface area contributed by atoms with E-state index in [0.717, 1.165) is 37.0 Å². The average molecular weight is 406 g/mol. The van der Waals surface area contributed by atoms with Gasteiger partial charge in [0.2, 0.25) is 0 Å². The third-order valence-corrected chi connectivity index (χ3v) is 4.53. The third-order valence-electron chi connectivity index (χ3n) is 4.53. The van der Waals surface area contributed by atoms with Crippen LogP contribution in [0.25, 0.3) is 0 Å². The molecule has 2 rings (SSSR count). The number of carbonyl (C=O) groups is 1. The van der Waals surface area contributed by atoms with Crippen LogP contribution in [0, 0.1) is 11.3 Å². The lowest BCUT2D eigenvalue weighted by Gasteiger charge is -2.21. The Hall–Kier alpha value is -3.10. The molecule has 2 aromatic carbocycles. The lowest BCUT2D eigenvalue weighted by molar-refractivity contribution is -0.117. The lowest BCUT2D eigenvalue weighted by Crippen LogP contribution is -2.28. The molecule has 0 aliphatic rings. The van der Waals surface area contributed by atoms with E-state index >= 15 is 0 Å². The number of hydrogen-bond donors (Lipinski definition) is 1. The molecular formula is C25H31N3O2. The predicted octanol–water partition coefficient (Wildman–Crippen LogP) is 4.42. The summed E-state index contributed by atoms with van der Waals surface area (Å²) >= 11 is 0. The Bertz CT molecular complexity index is 772. The summed E-state index contributed by atoms with van der Waals surface area (Å²) in [4.78, 5) is 14.5. The molecule has 0 saturated carbocycles. The van der Waals surface area contributed by atoms with E-state index in [0.29, 0.717) is 26.2 Å². The molecular weight excluding hydrogens is 374 g/mol. The van der Waals surface area contributed by atoms with Crippen molar-refractivity contribution in [3.8, 4) is 6.07 Å². The maximum atomic E-state index is 12.5. The first-order valence-electron chi connectivity index (χ1n) is 10.5. The van der Waals surface area contributed by atoms with E-state index in [9.17, 15) is 10.1 Å². The fourth-order valence-corrected chi connectivity index (χ4v) is 2.92. The Morgan fingerprint density at radius 2 is 1.57 bits per heavy atom. The van der Waals surface area contributed by atoms with E-state index in [-0.39, 0.29) is 11.5 Å². The minimum Gasteiger partial charge on any atom is -0.381 e. The van der Waals surface area contributed by atoms with Crippen molar-refractivity contribution >= 4 is 5.91 Å². The zero-order valence-electron chi connectivity index (χ0n) is 17.7. The van der Waals surface area contributed by atoms with Gasteiger partial charge in [0.1, 0.15) is 11.6 Å². The van der Waals surface area contributed by atoms with Gasteiger partial charge in [-0.2, -0.15) is 5.26 Å². The maximum absolute atomic E-state index is 12.5. The smallest absolute Gasteiger partial charge is 0.263 e. The first kappa shape index (κ1) is 23.2. The van der Waals surface area contributed by atoms with Crippen molar-refractivity contribution in [3.63, 3.8) is 0 Å². The highest BCUT2D eigenvalue weighted by atomic mass is 16.5. The molecule has 5 heteroatoms. The van der Waals surface area contributed by atoms with Gasteiger partial charge in [0.05, 0.1) is 0 Å². The highest BCUT2D eigenvalue weighted by Crippen LogP contribution is 2.12. The van der Waals surface area contributed by atoms with Gasteiger partial charge in [-0.25, -0.2) is 0 Å². The summed E-state index contributed by atoms with van der Waals surface area (Å²) in [5, 5.41) is 12.4. The minimum atomic E-state index is -0.350. The summed E-state index contributed by atoms with van der Waals surface area (Å²) in [5.41, 5.74) is 2.34. The molecule has 0 aliphatic carbocycles. The number of benzene rings is 2. The number of amides is 1. The summed E-state index contributed by atoms with van der Waals surface area (Å²) in [5.74, 6) is -0.350. The second kappa shape index (κ2) is 14.0. The molecule has 0 radical (unpaired) electrons. The van der Waals surface area contributed by atoms with Gasteiger partial charge in [-0.15, -0.1) is 0 Å². The van der Waals surface area contributed by atoms with Gasteiger partial charge in [0.15, 0.2) is 0 Å². The lowest BCUT2D eigenvalue weighted by atomic mass is 10.1. The summed E-state index contributed by atoms with van der Waals surface area (Å²) in [6, 6.07) is 22.1. The van der Waals surface area contributed by atoms with E-state index in [1.165, 1.54) is 0 Å². The maximum Gasteiger partial charge on any atom is 0.263 e. The number of unbranched alkanes of at least 4 members (excludes halogenated alkanes) is 1. The predicted molar refractivity (Wildman–Crippen MR) is 119 cm³/mol. The second-order valence-corrected chi connectivity index (χ2v) is 7.11. The number of rotatable bonds is 13. The number of hydrogen-bond acceptors (Lipinski definition) is 4. The van der Waals surface area contributed by atoms with Crippen molar-refractivity contribution < 1.29 is 9.53 Å². The van der Waals surface area contributed by atoms with Gasteiger partial charge in [-0.3, -0.25) is 4.79 Å². The normalized spacial score (nSPS) is 11.0. The first-order valence-corrected chi connectivity index (χ1v) is 10.5. The standard InChI is InChI=1S/C25H31N3O2/c1-2-3-16-30-17-10-15-27-25(29)24(18-26)21-28(19-22-11-6-4-7-12-22)20-23-13-8-5-9-14-23/h4-9,11-14,21H,2-3,10,15-17,19-20H2,1H3,(H,27,29)/b24-21-. The van der Waals surface area contributed by atoms with Gasteiger partial charge in [0.25, 0.3) is 5.91 Å². The number of ether oxygens (including phenoxy) is 1. The fourth-order valence-electron chi connectivity index (χ4n) is 2.92. The van der Waals surface area contributed by atoms with Crippen LogP contribution < -0.4 is 5.32 Å². The van der Waals surface area contributed by atoms with Gasteiger partial charge >= 0.3 is 0 Å². The number of nitriles is 1. The van der Waals surface area contributed by atoms with Crippen LogP contribution in [0.4, 0.5) is 0 Å². The second-order valence-electron chi connectivity index (χ2n) is 7.11. The largest absolute Gasteiger partial charge is 0.381 e. The van der Waals surface area contributed by atoms with Crippen molar-refractivity contribution in [2.45, 2.75) is 39.3 Å². The molecule has 0 saturated heterocycles. The molecule has 0 heterocycles. The van der Waals surface area contributed by atoms with Crippen molar-refractivity contribution in [2.24, 2.45) is 0 Å². The fraction of sp³-hybridized carbons (Fsp3) is 0.360. The summed E-state index contributed by atoms with van der Waals surface area (Å²) in [6.07, 6.45) is 4.54. The molecule has 0 aromatic heterocycles. The molecule has 0 atom stereocenters. The average Bonchev–Trinajstić information content (AvgIpc) is 2.78. The molecule has 0 aliphatic heterocycles. The van der Waals surface area contributed by atoms with Crippen LogP contribution in [0.3, 0.4) is 0 Å². The number of nitrogens with zero attached hydrogens (tertiary/aromatic N) is 2. The zero-order chi connectivity index (χ0) is 21.4. The Morgan fingerprint density at radius 3 is 2.10 bits per heavy atom. The van der Waals surface area contributed by atoms with Crippen LogP contribution in [0.15, 0.2) is 72.4 Å². The van der Waals surface area contributed by atoms with Crippen LogP contribution in [-0.4, -0.2) is 30.6 Å². The van der Waals surface area contributed by atoms with Crippen LogP contribution >= 0.6 is 0 Å². The molecule has 0 bridgehead atoms. The van der Waals surface area contributed by atoms with Crippen molar-refractivity contribution in [2.75, 3.05) is 19.8 Å². The summed E-state index contributed by atoms with van der Waals surface area (Å²) in [7, 11) is 0. The number of nitrogens with one attached hydrogen (secondary N) is 1. The summed E-state index contributed by atoms with van der Waals surface area (Å²) < 4.78 is 5.50. The van der Waals surface area contributed by atoms with Crippen LogP contribution in [0.2, 0.25) is 0 Å². The van der Waals surface area contributed by atoms with E-state index in [2.05, 4.69) is 12.2 Å².